The highest BCUT2D eigenvalue weighted by Crippen LogP contribution is 2.40. The molecule has 2 aromatic carbocycles. The van der Waals surface area contributed by atoms with Crippen molar-refractivity contribution in [2.75, 3.05) is 37.7 Å². The van der Waals surface area contributed by atoms with E-state index in [1.54, 1.807) is 0 Å². The van der Waals surface area contributed by atoms with Gasteiger partial charge in [0.1, 0.15) is 0 Å². The van der Waals surface area contributed by atoms with Crippen molar-refractivity contribution in [2.24, 2.45) is 0 Å². The van der Waals surface area contributed by atoms with Crippen LogP contribution in [0.1, 0.15) is 42.4 Å². The highest BCUT2D eigenvalue weighted by atomic mass is 16.1. The summed E-state index contributed by atoms with van der Waals surface area (Å²) in [7, 11) is 0. The van der Waals surface area contributed by atoms with Crippen molar-refractivity contribution in [2.45, 2.75) is 51.0 Å². The van der Waals surface area contributed by atoms with Gasteiger partial charge in [0.2, 0.25) is 6.41 Å². The Labute approximate surface area is 192 Å². The second-order valence-corrected chi connectivity index (χ2v) is 9.40. The van der Waals surface area contributed by atoms with Crippen LogP contribution in [-0.4, -0.2) is 55.1 Å². The molecular weight excluding hydrogens is 396 g/mol. The maximum Gasteiger partial charge on any atom is 0.215 e. The highest BCUT2D eigenvalue weighted by molar-refractivity contribution is 5.78. The van der Waals surface area contributed by atoms with E-state index < -0.39 is 0 Å². The number of nitriles is 1. The molecule has 1 saturated heterocycles. The van der Waals surface area contributed by atoms with Gasteiger partial charge in [-0.05, 0) is 56.2 Å². The van der Waals surface area contributed by atoms with E-state index in [4.69, 9.17) is 0 Å². The van der Waals surface area contributed by atoms with E-state index in [1.165, 1.54) is 5.56 Å². The molecule has 0 aromatic heterocycles. The van der Waals surface area contributed by atoms with Crippen LogP contribution in [0.5, 0.6) is 0 Å². The molecule has 1 saturated carbocycles. The molecule has 1 heterocycles. The first kappa shape index (κ1) is 22.5. The normalized spacial score (nSPS) is 24.6. The van der Waals surface area contributed by atoms with Crippen LogP contribution >= 0.6 is 0 Å². The van der Waals surface area contributed by atoms with Crippen molar-refractivity contribution in [3.05, 3.63) is 65.2 Å². The van der Waals surface area contributed by atoms with Crippen molar-refractivity contribution in [1.29, 1.82) is 5.26 Å². The van der Waals surface area contributed by atoms with Gasteiger partial charge in [-0.25, -0.2) is 0 Å². The number of benzene rings is 2. The summed E-state index contributed by atoms with van der Waals surface area (Å²) >= 11 is 0. The predicted molar refractivity (Wildman–Crippen MR) is 128 cm³/mol. The molecule has 1 aliphatic carbocycles. The number of nitrogens with zero attached hydrogens (tertiary/aromatic N) is 4. The lowest BCUT2D eigenvalue weighted by Crippen LogP contribution is -2.54. The molecule has 0 N–H and O–H groups in total. The topological polar surface area (TPSA) is 50.6 Å². The van der Waals surface area contributed by atoms with E-state index >= 15 is 0 Å². The number of hydrogen-bond acceptors (Lipinski definition) is 4. The zero-order valence-electron chi connectivity index (χ0n) is 19.3. The molecule has 1 amide bonds. The maximum absolute atomic E-state index is 11.9. The molecule has 0 radical (unpaired) electrons. The number of carbonyl (C=O) groups is 1. The largest absolute Gasteiger partial charge is 0.301 e. The van der Waals surface area contributed by atoms with E-state index in [0.29, 0.717) is 12.7 Å². The van der Waals surface area contributed by atoms with Gasteiger partial charge in [0, 0.05) is 32.2 Å². The van der Waals surface area contributed by atoms with Crippen LogP contribution in [-0.2, 0) is 10.2 Å². The van der Waals surface area contributed by atoms with E-state index in [9.17, 15) is 10.1 Å². The molecule has 0 spiro atoms. The summed E-state index contributed by atoms with van der Waals surface area (Å²) in [6, 6.07) is 19.7. The minimum absolute atomic E-state index is 0.324. The van der Waals surface area contributed by atoms with Gasteiger partial charge < -0.3 is 4.90 Å². The zero-order chi connectivity index (χ0) is 22.6. The average Bonchev–Trinajstić information content (AvgIpc) is 2.84. The highest BCUT2D eigenvalue weighted by Gasteiger charge is 2.39. The lowest BCUT2D eigenvalue weighted by molar-refractivity contribution is -0.108. The van der Waals surface area contributed by atoms with Gasteiger partial charge in [-0.15, -0.1) is 0 Å². The van der Waals surface area contributed by atoms with Crippen LogP contribution in [0.2, 0.25) is 0 Å². The number of amides is 1. The Morgan fingerprint density at radius 3 is 2.19 bits per heavy atom. The molecule has 1 aliphatic heterocycles. The third-order valence-corrected chi connectivity index (χ3v) is 7.48. The first-order valence-electron chi connectivity index (χ1n) is 11.8. The van der Waals surface area contributed by atoms with Gasteiger partial charge >= 0.3 is 0 Å². The summed E-state index contributed by atoms with van der Waals surface area (Å²) in [4.78, 5) is 18.7. The van der Waals surface area contributed by atoms with Gasteiger partial charge in [-0.2, -0.15) is 5.26 Å². The summed E-state index contributed by atoms with van der Waals surface area (Å²) in [6.07, 6.45) is 4.98. The summed E-state index contributed by atoms with van der Waals surface area (Å²) in [5, 5.41) is 9.96. The van der Waals surface area contributed by atoms with E-state index in [2.05, 4.69) is 54.0 Å². The lowest BCUT2D eigenvalue weighted by Gasteiger charge is -2.44. The standard InChI is InChI=1S/C27H34N4O/c1-22-7-6-8-23(2)26(22)31(21-32)20-29-15-17-30(18-16-29)25-11-13-27(19-28,14-12-25)24-9-4-3-5-10-24/h3-10,21,25H,11-18,20H2,1-2H3. The van der Waals surface area contributed by atoms with E-state index in [-0.39, 0.29) is 5.41 Å². The molecule has 2 fully saturated rings. The third kappa shape index (κ3) is 4.57. The van der Waals surface area contributed by atoms with Gasteiger partial charge in [0.05, 0.1) is 23.8 Å². The van der Waals surface area contributed by atoms with Crippen molar-refractivity contribution in [1.82, 2.24) is 9.80 Å². The fourth-order valence-corrected chi connectivity index (χ4v) is 5.58. The molecule has 2 aromatic rings. The van der Waals surface area contributed by atoms with Gasteiger partial charge in [-0.3, -0.25) is 14.6 Å². The molecule has 4 rings (SSSR count). The molecule has 0 bridgehead atoms. The Hall–Kier alpha value is -2.68. The summed E-state index contributed by atoms with van der Waals surface area (Å²) < 4.78 is 0. The monoisotopic (exact) mass is 430 g/mol. The first-order valence-corrected chi connectivity index (χ1v) is 11.8. The van der Waals surface area contributed by atoms with Crippen LogP contribution in [0.25, 0.3) is 0 Å². The summed E-state index contributed by atoms with van der Waals surface area (Å²) in [5.74, 6) is 0. The van der Waals surface area contributed by atoms with Gasteiger partial charge in [-0.1, -0.05) is 48.5 Å². The second kappa shape index (κ2) is 9.85. The molecule has 0 atom stereocenters. The van der Waals surface area contributed by atoms with Gasteiger partial charge in [0.25, 0.3) is 0 Å². The maximum atomic E-state index is 11.9. The van der Waals surface area contributed by atoms with E-state index in [1.807, 2.05) is 29.2 Å². The fraction of sp³-hybridized carbons (Fsp3) is 0.481. The van der Waals surface area contributed by atoms with Crippen molar-refractivity contribution >= 4 is 12.1 Å². The molecule has 168 valence electrons. The lowest BCUT2D eigenvalue weighted by atomic mass is 9.69. The third-order valence-electron chi connectivity index (χ3n) is 7.48. The van der Waals surface area contributed by atoms with Crippen molar-refractivity contribution in [3.8, 4) is 6.07 Å². The Morgan fingerprint density at radius 2 is 1.62 bits per heavy atom. The minimum atomic E-state index is -0.324. The van der Waals surface area contributed by atoms with Crippen LogP contribution in [0.15, 0.2) is 48.5 Å². The van der Waals surface area contributed by atoms with Crippen molar-refractivity contribution < 1.29 is 4.79 Å². The molecule has 0 unspecified atom stereocenters. The molecule has 5 heteroatoms. The number of para-hydroxylation sites is 1. The quantitative estimate of drug-likeness (QED) is 0.643. The molecular formula is C27H34N4O. The SMILES string of the molecule is Cc1cccc(C)c1N(C=O)CN1CCN(C2CCC(C#N)(c3ccccc3)CC2)CC1. The summed E-state index contributed by atoms with van der Waals surface area (Å²) in [5.41, 5.74) is 4.15. The van der Waals surface area contributed by atoms with Crippen LogP contribution in [0, 0.1) is 25.2 Å². The minimum Gasteiger partial charge on any atom is -0.301 e. The van der Waals surface area contributed by atoms with Gasteiger partial charge in [0.15, 0.2) is 0 Å². The summed E-state index contributed by atoms with van der Waals surface area (Å²) in [6.45, 7) is 8.75. The first-order chi connectivity index (χ1) is 15.6. The van der Waals surface area contributed by atoms with E-state index in [0.717, 1.165) is 75.1 Å². The molecule has 2 aliphatic rings. The molecule has 32 heavy (non-hydrogen) atoms. The van der Waals surface area contributed by atoms with Crippen LogP contribution in [0.4, 0.5) is 5.69 Å². The second-order valence-electron chi connectivity index (χ2n) is 9.40. The number of hydrogen-bond donors (Lipinski definition) is 0. The fourth-order valence-electron chi connectivity index (χ4n) is 5.58. The number of rotatable bonds is 6. The van der Waals surface area contributed by atoms with Crippen molar-refractivity contribution in [3.63, 3.8) is 0 Å². The molecule has 5 nitrogen and oxygen atoms in total. The number of anilines is 1. The van der Waals surface area contributed by atoms with Crippen LogP contribution < -0.4 is 4.90 Å². The predicted octanol–water partition coefficient (Wildman–Crippen LogP) is 4.25. The Bertz CT molecular complexity index is 931. The smallest absolute Gasteiger partial charge is 0.215 e. The van der Waals surface area contributed by atoms with Crippen LogP contribution in [0.3, 0.4) is 0 Å². The number of carbonyl (C=O) groups excluding carboxylic acids is 1. The number of piperazine rings is 1. The Morgan fingerprint density at radius 1 is 1.00 bits per heavy atom. The Kier molecular flexibility index (Phi) is 6.93. The average molecular weight is 431 g/mol. The zero-order valence-corrected chi connectivity index (χ0v) is 19.3. The Balaban J connectivity index is 1.32. The number of aryl methyl sites for hydroxylation is 2.